The van der Waals surface area contributed by atoms with Crippen LogP contribution in [0.15, 0.2) is 143 Å². The minimum atomic E-state index is -0.812. The summed E-state index contributed by atoms with van der Waals surface area (Å²) in [5.74, 6) is -2.14. The number of amides is 7. The number of benzene rings is 3. The Morgan fingerprint density at radius 2 is 0.656 bits per heavy atom. The molecule has 0 aliphatic carbocycles. The molecule has 10 N–H and O–H groups in total. The van der Waals surface area contributed by atoms with Gasteiger partial charge < -0.3 is 37.1 Å². The average molecular weight is 1730 g/mol. The molecule has 30 heteroatoms. The summed E-state index contributed by atoms with van der Waals surface area (Å²) < 4.78 is 0. The molecule has 30 nitrogen and oxygen atoms in total. The maximum Gasteiger partial charge on any atom is 0.365 e. The number of nitrogens with two attached hydrogens (primary N) is 2. The number of ketones is 1. The zero-order chi connectivity index (χ0) is 92.0. The van der Waals surface area contributed by atoms with E-state index < -0.39 is 35.6 Å². The van der Waals surface area contributed by atoms with E-state index in [9.17, 15) is 57.5 Å². The molecule has 2 aliphatic heterocycles. The smallest absolute Gasteiger partial charge is 0.352 e. The summed E-state index contributed by atoms with van der Waals surface area (Å²) in [6.45, 7) is 24.4. The molecule has 2 saturated heterocycles. The van der Waals surface area contributed by atoms with Crippen molar-refractivity contribution in [2.75, 3.05) is 49.0 Å². The first-order chi connectivity index (χ1) is 60.5. The third kappa shape index (κ3) is 50.4. The molecule has 0 atom stereocenters. The highest BCUT2D eigenvalue weighted by Gasteiger charge is 2.34. The molecule has 5 heterocycles. The van der Waals surface area contributed by atoms with Gasteiger partial charge >= 0.3 is 11.9 Å². The second-order valence-electron chi connectivity index (χ2n) is 30.0. The Morgan fingerprint density at radius 1 is 0.360 bits per heavy atom. The molecule has 3 aromatic carbocycles. The molecular formula is C95H138N16O14. The lowest BCUT2D eigenvalue weighted by Crippen LogP contribution is -2.32. The molecule has 682 valence electrons. The van der Waals surface area contributed by atoms with E-state index in [0.29, 0.717) is 86.8 Å². The van der Waals surface area contributed by atoms with Gasteiger partial charge in [0, 0.05) is 104 Å². The van der Waals surface area contributed by atoms with Crippen molar-refractivity contribution < 1.29 is 67.2 Å². The number of hydrogen-bond acceptors (Lipinski definition) is 25. The zero-order valence-corrected chi connectivity index (χ0v) is 75.5. The normalized spacial score (nSPS) is 11.6. The molecule has 7 amide bonds. The van der Waals surface area contributed by atoms with Crippen molar-refractivity contribution in [2.24, 2.45) is 26.8 Å². The van der Waals surface area contributed by atoms with E-state index in [1.54, 1.807) is 79.3 Å². The minimum absolute atomic E-state index is 0.0518. The Kier molecular flexibility index (Phi) is 60.7. The van der Waals surface area contributed by atoms with Gasteiger partial charge in [0.2, 0.25) is 0 Å². The van der Waals surface area contributed by atoms with Crippen LogP contribution in [0, 0.1) is 0 Å². The summed E-state index contributed by atoms with van der Waals surface area (Å²) in [4.78, 5) is 159. The van der Waals surface area contributed by atoms with E-state index in [1.807, 2.05) is 39.8 Å². The van der Waals surface area contributed by atoms with Crippen molar-refractivity contribution >= 4 is 107 Å². The molecule has 3 aromatic heterocycles. The second kappa shape index (κ2) is 69.5. The minimum Gasteiger partial charge on any atom is -0.352 e. The summed E-state index contributed by atoms with van der Waals surface area (Å²) in [7, 11) is 0. The fourth-order valence-corrected chi connectivity index (χ4v) is 11.1. The van der Waals surface area contributed by atoms with Gasteiger partial charge in [-0.2, -0.15) is 15.3 Å². The molecule has 2 aliphatic rings. The summed E-state index contributed by atoms with van der Waals surface area (Å²) in [6, 6.07) is 29.7. The number of nitrogens with one attached hydrogen (secondary N) is 6. The fraction of sp³-hybridized carbons (Fsp3) is 0.495. The van der Waals surface area contributed by atoms with E-state index in [0.717, 1.165) is 87.9 Å². The summed E-state index contributed by atoms with van der Waals surface area (Å²) >= 11 is 0. The highest BCUT2D eigenvalue weighted by atomic mass is 16.7. The fourth-order valence-electron chi connectivity index (χ4n) is 11.1. The van der Waals surface area contributed by atoms with Crippen LogP contribution in [0.3, 0.4) is 0 Å². The van der Waals surface area contributed by atoms with Gasteiger partial charge in [-0.05, 0) is 146 Å². The molecule has 0 bridgehead atoms. The summed E-state index contributed by atoms with van der Waals surface area (Å²) in [5.41, 5.74) is 25.3. The first kappa shape index (κ1) is 109. The van der Waals surface area contributed by atoms with Crippen molar-refractivity contribution in [3.05, 3.63) is 178 Å². The molecule has 0 spiro atoms. The van der Waals surface area contributed by atoms with Crippen molar-refractivity contribution in [3.8, 4) is 0 Å². The van der Waals surface area contributed by atoms with Gasteiger partial charge in [0.25, 0.3) is 41.4 Å². The number of pyridine rings is 3. The van der Waals surface area contributed by atoms with Gasteiger partial charge in [-0.1, -0.05) is 225 Å². The van der Waals surface area contributed by atoms with Crippen molar-refractivity contribution in [2.45, 2.75) is 275 Å². The number of Topliss-reactive ketones (excluding diaryl/α,β-unsaturated/α-hetero) is 1. The van der Waals surface area contributed by atoms with E-state index in [-0.39, 0.29) is 60.3 Å². The van der Waals surface area contributed by atoms with Crippen LogP contribution in [-0.2, 0) is 28.9 Å². The van der Waals surface area contributed by atoms with Gasteiger partial charge in [-0.3, -0.25) is 64.2 Å². The number of imide groups is 2. The molecular weight excluding hydrogens is 1590 g/mol. The standard InChI is InChI=1S/C27H39N5O2.C16H26N4O.C15H20O2.C13H14N4O4.C12H9NO5.2C6H15N/c1-3-5-7-9-11-19-29-27(34)24-16-17-25(30-21-24)32-31-20-22-12-14-23(15-13-22)26(33)28-18-10-8-6-4-2;1-4-5-6-7-8-11-17-16(21)14-9-10-15(18-12-14)20-19-13(2)3;1-2-3-4-5-6-7-15(17)14-10-8-13(12-16)9-11-14;1-8(2)15-16-10-4-3-9(7-14-10)13(20)21-17-11(18)5-6-12(17)19;14-7-8-1-3-9(4-2-8)12(17)18-13-10(15)5-6-11(13)16;2*1-2-3-4-5-6-7/h12-17,20-21H,3-11,18-19H2,1-2H3,(H,28,33)(H,29,34)(H,30,32);9-10,12H,4-8,11H2,1-3H3,(H,17,21)(H,18,20);8-12H,2-7H2,1H3;3-4,7H,5-6H2,1-2H3,(H,14,16);1-4,7H,5-6H2;2*2-7H2,1H3. The van der Waals surface area contributed by atoms with Gasteiger partial charge in [-0.25, -0.2) is 24.5 Å². The number of hydrogen-bond donors (Lipinski definition) is 8. The monoisotopic (exact) mass is 1730 g/mol. The lowest BCUT2D eigenvalue weighted by atomic mass is 10.0. The number of carbonyl (C=O) groups excluding carboxylic acids is 12. The van der Waals surface area contributed by atoms with Crippen LogP contribution in [0.4, 0.5) is 17.5 Å². The third-order valence-corrected chi connectivity index (χ3v) is 18.5. The number of nitrogens with zero attached hydrogens (tertiary/aromatic N) is 8. The molecule has 6 aromatic rings. The van der Waals surface area contributed by atoms with E-state index in [4.69, 9.17) is 21.1 Å². The van der Waals surface area contributed by atoms with Crippen LogP contribution in [0.2, 0.25) is 0 Å². The lowest BCUT2D eigenvalue weighted by molar-refractivity contribution is -0.173. The van der Waals surface area contributed by atoms with Crippen molar-refractivity contribution in [1.82, 2.24) is 41.0 Å². The second-order valence-corrected chi connectivity index (χ2v) is 30.0. The van der Waals surface area contributed by atoms with Gasteiger partial charge in [0.05, 0.1) is 28.5 Å². The lowest BCUT2D eigenvalue weighted by Gasteiger charge is -2.12. The van der Waals surface area contributed by atoms with Crippen molar-refractivity contribution in [1.29, 1.82) is 0 Å². The van der Waals surface area contributed by atoms with Gasteiger partial charge in [0.15, 0.2) is 5.78 Å². The summed E-state index contributed by atoms with van der Waals surface area (Å²) in [6.07, 6.45) is 40.7. The molecule has 8 rings (SSSR count). The quantitative estimate of drug-likeness (QED) is 0.00439. The highest BCUT2D eigenvalue weighted by Crippen LogP contribution is 2.19. The van der Waals surface area contributed by atoms with E-state index in [1.165, 1.54) is 171 Å². The first-order valence-electron chi connectivity index (χ1n) is 44.3. The number of aldehydes is 2. The predicted molar refractivity (Wildman–Crippen MR) is 495 cm³/mol. The Labute approximate surface area is 739 Å². The zero-order valence-electron chi connectivity index (χ0n) is 75.5. The Bertz CT molecular complexity index is 4140. The predicted octanol–water partition coefficient (Wildman–Crippen LogP) is 18.1. The van der Waals surface area contributed by atoms with Crippen LogP contribution in [-0.4, -0.2) is 147 Å². The number of unbranched alkanes of at least 4 members (excludes halogenated alkanes) is 21. The van der Waals surface area contributed by atoms with E-state index >= 15 is 0 Å². The average Bonchev–Trinajstić information content (AvgIpc) is 1.73. The third-order valence-electron chi connectivity index (χ3n) is 18.5. The number of aromatic nitrogens is 3. The van der Waals surface area contributed by atoms with Crippen LogP contribution < -0.4 is 43.7 Å². The van der Waals surface area contributed by atoms with Crippen LogP contribution in [0.1, 0.15) is 363 Å². The number of carbonyl (C=O) groups is 12. The molecule has 125 heavy (non-hydrogen) atoms. The number of anilines is 3. The van der Waals surface area contributed by atoms with Crippen LogP contribution in [0.25, 0.3) is 0 Å². The maximum atomic E-state index is 12.2. The SMILES string of the molecule is CC(C)=NNc1ccc(C(=O)ON2C(=O)CCC2=O)cn1.CCCCCCCC(=O)c1ccc(C=O)cc1.CCCCCCCNC(=O)c1ccc(NN=C(C)C)nc1.CCCCCCCNC(=O)c1ccc(NN=Cc2ccc(C(=O)NCCCCCC)cc2)nc1.CCCCCCN.CCCCCCN.O=Cc1ccc(C(=O)ON2C(=O)CCC2=O)cc1. The number of rotatable bonds is 48. The number of hydrazone groups is 3. The molecule has 2 fully saturated rings. The highest BCUT2D eigenvalue weighted by molar-refractivity contribution is 6.04. The van der Waals surface area contributed by atoms with Gasteiger partial charge in [-0.15, -0.1) is 10.1 Å². The first-order valence-corrected chi connectivity index (χ1v) is 44.3. The topological polar surface area (TPSA) is 430 Å². The Hall–Kier alpha value is -11.9. The maximum absolute atomic E-state index is 12.2. The van der Waals surface area contributed by atoms with Crippen LogP contribution in [0.5, 0.6) is 0 Å². The molecule has 0 saturated carbocycles. The molecule has 0 radical (unpaired) electrons. The summed E-state index contributed by atoms with van der Waals surface area (Å²) in [5, 5.41) is 22.0. The van der Waals surface area contributed by atoms with Crippen LogP contribution >= 0.6 is 0 Å². The van der Waals surface area contributed by atoms with Gasteiger partial charge in [0.1, 0.15) is 30.0 Å². The largest absolute Gasteiger partial charge is 0.365 e. The molecule has 0 unspecified atom stereocenters. The Balaban J connectivity index is 0.000000519. The Morgan fingerprint density at radius 3 is 1.00 bits per heavy atom. The van der Waals surface area contributed by atoms with E-state index in [2.05, 4.69) is 104 Å². The number of hydroxylamine groups is 4. The van der Waals surface area contributed by atoms with Crippen molar-refractivity contribution in [3.63, 3.8) is 0 Å².